The molecule has 6 heteroatoms. The van der Waals surface area contributed by atoms with Crippen LogP contribution in [0.15, 0.2) is 48.5 Å². The van der Waals surface area contributed by atoms with Crippen molar-refractivity contribution in [3.63, 3.8) is 0 Å². The van der Waals surface area contributed by atoms with Crippen molar-refractivity contribution >= 4 is 17.5 Å². The first-order valence-corrected chi connectivity index (χ1v) is 9.20. The molecule has 0 N–H and O–H groups in total. The number of carbonyl (C=O) groups is 1. The zero-order chi connectivity index (χ0) is 17.9. The van der Waals surface area contributed by atoms with Gasteiger partial charge in [-0.05, 0) is 11.6 Å². The third kappa shape index (κ3) is 4.44. The Kier molecular flexibility index (Phi) is 5.49. The second kappa shape index (κ2) is 7.62. The molecule has 1 aliphatic heterocycles. The lowest BCUT2D eigenvalue weighted by Gasteiger charge is -2.26. The van der Waals surface area contributed by atoms with E-state index in [4.69, 9.17) is 0 Å². The largest absolute Gasteiger partial charge is 0.417 e. The smallest absolute Gasteiger partial charge is 0.297 e. The van der Waals surface area contributed by atoms with Crippen LogP contribution in [0.2, 0.25) is 0 Å². The van der Waals surface area contributed by atoms with Gasteiger partial charge in [0.2, 0.25) is 0 Å². The highest BCUT2D eigenvalue weighted by molar-refractivity contribution is 7.99. The number of thioether (sulfide) groups is 1. The quantitative estimate of drug-likeness (QED) is 0.745. The first kappa shape index (κ1) is 18.0. The standard InChI is InChI=1S/C19H18F3NOS/c20-19(21,22)17-4-2-1-3-16(17)18(24)15-7-5-14(6-8-15)13-23-9-11-25-12-10-23/h1-8H,9-13H2. The molecule has 1 aliphatic rings. The number of ketones is 1. The van der Waals surface area contributed by atoms with E-state index in [1.807, 2.05) is 23.9 Å². The number of benzene rings is 2. The van der Waals surface area contributed by atoms with Gasteiger partial charge in [-0.15, -0.1) is 0 Å². The van der Waals surface area contributed by atoms with E-state index in [-0.39, 0.29) is 11.1 Å². The zero-order valence-corrected chi connectivity index (χ0v) is 14.4. The summed E-state index contributed by atoms with van der Waals surface area (Å²) in [6.45, 7) is 2.86. The zero-order valence-electron chi connectivity index (χ0n) is 13.6. The average molecular weight is 365 g/mol. The lowest BCUT2D eigenvalue weighted by molar-refractivity contribution is -0.137. The third-order valence-electron chi connectivity index (χ3n) is 4.20. The molecule has 1 heterocycles. The molecule has 2 nitrogen and oxygen atoms in total. The van der Waals surface area contributed by atoms with Crippen molar-refractivity contribution in [2.45, 2.75) is 12.7 Å². The van der Waals surface area contributed by atoms with Gasteiger partial charge >= 0.3 is 6.18 Å². The molecular weight excluding hydrogens is 347 g/mol. The summed E-state index contributed by atoms with van der Waals surface area (Å²) in [6, 6.07) is 11.8. The SMILES string of the molecule is O=C(c1ccc(CN2CCSCC2)cc1)c1ccccc1C(F)(F)F. The van der Waals surface area contributed by atoms with Crippen LogP contribution < -0.4 is 0 Å². The van der Waals surface area contributed by atoms with Crippen molar-refractivity contribution in [1.82, 2.24) is 4.90 Å². The maximum absolute atomic E-state index is 13.1. The number of halogens is 3. The first-order chi connectivity index (χ1) is 11.9. The fourth-order valence-corrected chi connectivity index (χ4v) is 3.84. The topological polar surface area (TPSA) is 20.3 Å². The molecule has 0 aromatic heterocycles. The third-order valence-corrected chi connectivity index (χ3v) is 5.15. The molecule has 2 aromatic rings. The molecule has 1 saturated heterocycles. The summed E-state index contributed by atoms with van der Waals surface area (Å²) in [4.78, 5) is 14.8. The molecule has 0 atom stereocenters. The second-order valence-electron chi connectivity index (χ2n) is 5.96. The lowest BCUT2D eigenvalue weighted by atomic mass is 9.97. The number of carbonyl (C=O) groups excluding carboxylic acids is 1. The Labute approximate surface area is 149 Å². The van der Waals surface area contributed by atoms with Crippen LogP contribution >= 0.6 is 11.8 Å². The average Bonchev–Trinajstić information content (AvgIpc) is 2.62. The molecule has 0 bridgehead atoms. The molecule has 0 unspecified atom stereocenters. The monoisotopic (exact) mass is 365 g/mol. The van der Waals surface area contributed by atoms with Crippen LogP contribution in [0.3, 0.4) is 0 Å². The van der Waals surface area contributed by atoms with Crippen molar-refractivity contribution in [2.75, 3.05) is 24.6 Å². The predicted molar refractivity (Wildman–Crippen MR) is 93.9 cm³/mol. The van der Waals surface area contributed by atoms with Crippen LogP contribution in [-0.2, 0) is 12.7 Å². The Bertz CT molecular complexity index is 737. The van der Waals surface area contributed by atoms with Gasteiger partial charge in [0.15, 0.2) is 5.78 Å². The van der Waals surface area contributed by atoms with Crippen molar-refractivity contribution < 1.29 is 18.0 Å². The maximum Gasteiger partial charge on any atom is 0.417 e. The van der Waals surface area contributed by atoms with Gasteiger partial charge in [-0.25, -0.2) is 0 Å². The summed E-state index contributed by atoms with van der Waals surface area (Å²) in [5, 5.41) is 0. The van der Waals surface area contributed by atoms with E-state index in [1.165, 1.54) is 18.2 Å². The van der Waals surface area contributed by atoms with Gasteiger partial charge in [-0.3, -0.25) is 9.69 Å². The van der Waals surface area contributed by atoms with E-state index in [0.717, 1.165) is 42.8 Å². The van der Waals surface area contributed by atoms with Crippen molar-refractivity contribution in [3.05, 3.63) is 70.8 Å². The van der Waals surface area contributed by atoms with Crippen LogP contribution in [0.1, 0.15) is 27.0 Å². The minimum absolute atomic E-state index is 0.273. The number of hydrogen-bond donors (Lipinski definition) is 0. The summed E-state index contributed by atoms with van der Waals surface area (Å²) >= 11 is 1.94. The lowest BCUT2D eigenvalue weighted by Crippen LogP contribution is -2.31. The minimum Gasteiger partial charge on any atom is -0.297 e. The predicted octanol–water partition coefficient (Wildman–Crippen LogP) is 4.49. The van der Waals surface area contributed by atoms with E-state index < -0.39 is 17.5 Å². The molecule has 132 valence electrons. The highest BCUT2D eigenvalue weighted by Gasteiger charge is 2.34. The Morgan fingerprint density at radius 2 is 1.64 bits per heavy atom. The maximum atomic E-state index is 13.1. The number of rotatable bonds is 4. The second-order valence-corrected chi connectivity index (χ2v) is 7.18. The van der Waals surface area contributed by atoms with Gasteiger partial charge in [-0.1, -0.05) is 42.5 Å². The van der Waals surface area contributed by atoms with E-state index >= 15 is 0 Å². The van der Waals surface area contributed by atoms with Gasteiger partial charge in [-0.2, -0.15) is 24.9 Å². The molecule has 0 aliphatic carbocycles. The minimum atomic E-state index is -4.54. The van der Waals surface area contributed by atoms with E-state index in [9.17, 15) is 18.0 Å². The summed E-state index contributed by atoms with van der Waals surface area (Å²) in [6.07, 6.45) is -4.54. The summed E-state index contributed by atoms with van der Waals surface area (Å²) in [7, 11) is 0. The van der Waals surface area contributed by atoms with Gasteiger partial charge in [0.05, 0.1) is 5.56 Å². The Morgan fingerprint density at radius 3 is 2.28 bits per heavy atom. The summed E-state index contributed by atoms with van der Waals surface area (Å²) in [5.41, 5.74) is 0.132. The van der Waals surface area contributed by atoms with Crippen LogP contribution in [0.5, 0.6) is 0 Å². The molecule has 0 amide bonds. The number of alkyl halides is 3. The molecule has 2 aromatic carbocycles. The molecule has 1 fully saturated rings. The van der Waals surface area contributed by atoms with E-state index in [1.54, 1.807) is 12.1 Å². The molecule has 25 heavy (non-hydrogen) atoms. The normalized spacial score (nSPS) is 16.0. The van der Waals surface area contributed by atoms with E-state index in [0.29, 0.717) is 0 Å². The Balaban J connectivity index is 1.77. The summed E-state index contributed by atoms with van der Waals surface area (Å²) < 4.78 is 39.3. The van der Waals surface area contributed by atoms with Crippen molar-refractivity contribution in [2.24, 2.45) is 0 Å². The van der Waals surface area contributed by atoms with Gasteiger partial charge in [0.25, 0.3) is 0 Å². The van der Waals surface area contributed by atoms with Crippen LogP contribution in [0.4, 0.5) is 13.2 Å². The first-order valence-electron chi connectivity index (χ1n) is 8.05. The van der Waals surface area contributed by atoms with Crippen LogP contribution in [0, 0.1) is 0 Å². The van der Waals surface area contributed by atoms with Crippen LogP contribution in [-0.4, -0.2) is 35.3 Å². The molecule has 0 spiro atoms. The number of hydrogen-bond acceptors (Lipinski definition) is 3. The van der Waals surface area contributed by atoms with Crippen LogP contribution in [0.25, 0.3) is 0 Å². The molecule has 3 rings (SSSR count). The highest BCUT2D eigenvalue weighted by atomic mass is 32.2. The van der Waals surface area contributed by atoms with Gasteiger partial charge < -0.3 is 0 Å². The fourth-order valence-electron chi connectivity index (χ4n) is 2.86. The summed E-state index contributed by atoms with van der Waals surface area (Å²) in [5.74, 6) is 1.63. The number of nitrogens with zero attached hydrogens (tertiary/aromatic N) is 1. The molecule has 0 saturated carbocycles. The van der Waals surface area contributed by atoms with E-state index in [2.05, 4.69) is 4.90 Å². The Morgan fingerprint density at radius 1 is 1.00 bits per heavy atom. The van der Waals surface area contributed by atoms with Crippen molar-refractivity contribution in [3.8, 4) is 0 Å². The van der Waals surface area contributed by atoms with Crippen molar-refractivity contribution in [1.29, 1.82) is 0 Å². The fraction of sp³-hybridized carbons (Fsp3) is 0.316. The van der Waals surface area contributed by atoms with Gasteiger partial charge in [0, 0.05) is 42.3 Å². The molecular formula is C19H18F3NOS. The van der Waals surface area contributed by atoms with Gasteiger partial charge in [0.1, 0.15) is 0 Å². The highest BCUT2D eigenvalue weighted by Crippen LogP contribution is 2.32. The molecule has 0 radical (unpaired) electrons. The Hall–Kier alpha value is -1.79.